The average molecular weight is 246 g/mol. The van der Waals surface area contributed by atoms with Gasteiger partial charge in [0.1, 0.15) is 0 Å². The predicted octanol–water partition coefficient (Wildman–Crippen LogP) is 1.64. The number of nitrogen functional groups attached to an aromatic ring is 1. The maximum Gasteiger partial charge on any atom is 0.425 e. The lowest BCUT2D eigenvalue weighted by Crippen LogP contribution is -2.31. The lowest BCUT2D eigenvalue weighted by molar-refractivity contribution is -0.190. The minimum atomic E-state index is -4.44. The third kappa shape index (κ3) is 2.24. The number of nitrogens with zero attached hydrogens (tertiary/aromatic N) is 3. The first-order chi connectivity index (χ1) is 7.88. The van der Waals surface area contributed by atoms with Crippen LogP contribution in [-0.4, -0.2) is 26.9 Å². The maximum absolute atomic E-state index is 12.3. The SMILES string of the molecule is CC(Oc1cccc2nc(N)nn12)C(F)(F)F. The number of alkyl halides is 3. The molecule has 17 heavy (non-hydrogen) atoms. The summed E-state index contributed by atoms with van der Waals surface area (Å²) in [7, 11) is 0. The molecule has 2 aromatic rings. The first kappa shape index (κ1) is 11.5. The molecule has 2 N–H and O–H groups in total. The molecule has 2 rings (SSSR count). The Kier molecular flexibility index (Phi) is 2.56. The van der Waals surface area contributed by atoms with Crippen LogP contribution >= 0.6 is 0 Å². The quantitative estimate of drug-likeness (QED) is 0.874. The van der Waals surface area contributed by atoms with E-state index in [1.165, 1.54) is 12.1 Å². The fraction of sp³-hybridized carbons (Fsp3) is 0.333. The number of hydrogen-bond donors (Lipinski definition) is 1. The van der Waals surface area contributed by atoms with Crippen LogP contribution in [0, 0.1) is 0 Å². The Hall–Kier alpha value is -1.99. The van der Waals surface area contributed by atoms with Gasteiger partial charge in [-0.3, -0.25) is 0 Å². The van der Waals surface area contributed by atoms with Gasteiger partial charge in [0.2, 0.25) is 11.8 Å². The van der Waals surface area contributed by atoms with Crippen molar-refractivity contribution in [1.29, 1.82) is 0 Å². The van der Waals surface area contributed by atoms with Crippen LogP contribution in [0.2, 0.25) is 0 Å². The summed E-state index contributed by atoms with van der Waals surface area (Å²) in [5.41, 5.74) is 5.68. The molecule has 0 saturated carbocycles. The first-order valence-electron chi connectivity index (χ1n) is 4.72. The van der Waals surface area contributed by atoms with Crippen molar-refractivity contribution in [2.24, 2.45) is 0 Å². The molecule has 0 radical (unpaired) electrons. The Morgan fingerprint density at radius 3 is 2.76 bits per heavy atom. The molecule has 0 aliphatic carbocycles. The maximum atomic E-state index is 12.3. The molecule has 92 valence electrons. The topological polar surface area (TPSA) is 65.4 Å². The van der Waals surface area contributed by atoms with Crippen LogP contribution in [0.3, 0.4) is 0 Å². The Bertz CT molecular complexity index is 537. The molecule has 0 aliphatic rings. The van der Waals surface area contributed by atoms with Gasteiger partial charge in [-0.2, -0.15) is 22.7 Å². The van der Waals surface area contributed by atoms with Gasteiger partial charge in [-0.05, 0) is 13.0 Å². The number of halogens is 3. The summed E-state index contributed by atoms with van der Waals surface area (Å²) in [5, 5.41) is 3.74. The molecule has 8 heteroatoms. The van der Waals surface area contributed by atoms with E-state index in [1.807, 2.05) is 0 Å². The van der Waals surface area contributed by atoms with Crippen molar-refractivity contribution in [1.82, 2.24) is 14.6 Å². The van der Waals surface area contributed by atoms with E-state index in [-0.39, 0.29) is 11.8 Å². The van der Waals surface area contributed by atoms with E-state index < -0.39 is 12.3 Å². The summed E-state index contributed by atoms with van der Waals surface area (Å²) in [6.07, 6.45) is -6.37. The molecule has 1 unspecified atom stereocenters. The lowest BCUT2D eigenvalue weighted by atomic mass is 10.4. The number of ether oxygens (including phenoxy) is 1. The van der Waals surface area contributed by atoms with E-state index >= 15 is 0 Å². The summed E-state index contributed by atoms with van der Waals surface area (Å²) in [5.74, 6) is -0.0859. The Labute approximate surface area is 94.0 Å². The zero-order valence-electron chi connectivity index (χ0n) is 8.77. The first-order valence-corrected chi connectivity index (χ1v) is 4.72. The number of anilines is 1. The number of pyridine rings is 1. The van der Waals surface area contributed by atoms with E-state index in [9.17, 15) is 13.2 Å². The van der Waals surface area contributed by atoms with Crippen molar-refractivity contribution in [2.45, 2.75) is 19.2 Å². The van der Waals surface area contributed by atoms with Crippen LogP contribution in [-0.2, 0) is 0 Å². The van der Waals surface area contributed by atoms with Crippen LogP contribution < -0.4 is 10.5 Å². The highest BCUT2D eigenvalue weighted by atomic mass is 19.4. The van der Waals surface area contributed by atoms with Crippen molar-refractivity contribution in [3.05, 3.63) is 18.2 Å². The molecule has 0 saturated heterocycles. The summed E-state index contributed by atoms with van der Waals surface area (Å²) < 4.78 is 42.9. The summed E-state index contributed by atoms with van der Waals surface area (Å²) in [4.78, 5) is 3.81. The molecular formula is C9H9F3N4O. The minimum Gasteiger partial charge on any atom is -0.465 e. The highest BCUT2D eigenvalue weighted by molar-refractivity contribution is 5.44. The Morgan fingerprint density at radius 1 is 1.41 bits per heavy atom. The van der Waals surface area contributed by atoms with Crippen LogP contribution in [0.15, 0.2) is 18.2 Å². The Balaban J connectivity index is 2.36. The standard InChI is InChI=1S/C9H9F3N4O/c1-5(9(10,11)12)17-7-4-2-3-6-14-8(13)15-16(6)7/h2-5H,1H3,(H2,13,15). The molecule has 5 nitrogen and oxygen atoms in total. The van der Waals surface area contributed by atoms with Crippen LogP contribution in [0.25, 0.3) is 5.65 Å². The van der Waals surface area contributed by atoms with E-state index in [4.69, 9.17) is 10.5 Å². The van der Waals surface area contributed by atoms with Gasteiger partial charge in [0, 0.05) is 6.07 Å². The fourth-order valence-corrected chi connectivity index (χ4v) is 1.24. The Morgan fingerprint density at radius 2 is 2.12 bits per heavy atom. The molecule has 2 heterocycles. The van der Waals surface area contributed by atoms with Gasteiger partial charge in [0.25, 0.3) is 0 Å². The second-order valence-electron chi connectivity index (χ2n) is 3.41. The van der Waals surface area contributed by atoms with Gasteiger partial charge < -0.3 is 10.5 Å². The largest absolute Gasteiger partial charge is 0.465 e. The molecule has 2 aromatic heterocycles. The molecule has 0 aliphatic heterocycles. The van der Waals surface area contributed by atoms with E-state index in [1.54, 1.807) is 6.07 Å². The summed E-state index contributed by atoms with van der Waals surface area (Å²) in [6, 6.07) is 4.44. The summed E-state index contributed by atoms with van der Waals surface area (Å²) >= 11 is 0. The van der Waals surface area contributed by atoms with Crippen LogP contribution in [0.1, 0.15) is 6.92 Å². The average Bonchev–Trinajstić information content (AvgIpc) is 2.58. The monoisotopic (exact) mass is 246 g/mol. The normalized spacial score (nSPS) is 13.9. The van der Waals surface area contributed by atoms with Gasteiger partial charge in [-0.1, -0.05) is 6.07 Å². The number of hydrogen-bond acceptors (Lipinski definition) is 4. The van der Waals surface area contributed by atoms with Crippen LogP contribution in [0.4, 0.5) is 19.1 Å². The van der Waals surface area contributed by atoms with Gasteiger partial charge in [0.15, 0.2) is 11.8 Å². The van der Waals surface area contributed by atoms with Crippen molar-refractivity contribution < 1.29 is 17.9 Å². The molecule has 0 bridgehead atoms. The van der Waals surface area contributed by atoms with Crippen molar-refractivity contribution in [3.8, 4) is 5.88 Å². The smallest absolute Gasteiger partial charge is 0.425 e. The second kappa shape index (κ2) is 3.79. The highest BCUT2D eigenvalue weighted by Gasteiger charge is 2.38. The van der Waals surface area contributed by atoms with Crippen molar-refractivity contribution in [2.75, 3.05) is 5.73 Å². The van der Waals surface area contributed by atoms with Crippen molar-refractivity contribution >= 4 is 11.6 Å². The van der Waals surface area contributed by atoms with Crippen molar-refractivity contribution in [3.63, 3.8) is 0 Å². The molecule has 1 atom stereocenters. The summed E-state index contributed by atoms with van der Waals surface area (Å²) in [6.45, 7) is 0.916. The van der Waals surface area contributed by atoms with Gasteiger partial charge in [-0.15, -0.1) is 5.10 Å². The van der Waals surface area contributed by atoms with Crippen LogP contribution in [0.5, 0.6) is 5.88 Å². The predicted molar refractivity (Wildman–Crippen MR) is 53.5 cm³/mol. The number of nitrogens with two attached hydrogens (primary N) is 1. The van der Waals surface area contributed by atoms with E-state index in [2.05, 4.69) is 10.1 Å². The lowest BCUT2D eigenvalue weighted by Gasteiger charge is -2.17. The molecule has 0 spiro atoms. The van der Waals surface area contributed by atoms with Gasteiger partial charge >= 0.3 is 6.18 Å². The zero-order chi connectivity index (χ0) is 12.6. The van der Waals surface area contributed by atoms with E-state index in [0.717, 1.165) is 11.4 Å². The molecule has 0 aromatic carbocycles. The zero-order valence-corrected chi connectivity index (χ0v) is 8.77. The number of fused-ring (bicyclic) bond motifs is 1. The third-order valence-corrected chi connectivity index (χ3v) is 2.10. The van der Waals surface area contributed by atoms with Gasteiger partial charge in [-0.25, -0.2) is 0 Å². The highest BCUT2D eigenvalue weighted by Crippen LogP contribution is 2.25. The molecular weight excluding hydrogens is 237 g/mol. The third-order valence-electron chi connectivity index (χ3n) is 2.10. The number of aromatic nitrogens is 3. The number of rotatable bonds is 2. The minimum absolute atomic E-state index is 0.0271. The van der Waals surface area contributed by atoms with E-state index in [0.29, 0.717) is 5.65 Å². The molecule has 0 fully saturated rings. The molecule has 0 amide bonds. The second-order valence-corrected chi connectivity index (χ2v) is 3.41. The fourth-order valence-electron chi connectivity index (χ4n) is 1.24. The van der Waals surface area contributed by atoms with Gasteiger partial charge in [0.05, 0.1) is 0 Å².